The number of aliphatic hydroxyl groups is 1. The molecule has 1 aromatic carbocycles. The van der Waals surface area contributed by atoms with E-state index in [9.17, 15) is 23.7 Å². The molecule has 0 fully saturated rings. The third-order valence-corrected chi connectivity index (χ3v) is 2.37. The highest BCUT2D eigenvalue weighted by atomic mass is 35.5. The standard InChI is InChI=1S/C10H9ClF2N2O4/c11-6-1-2-8(15(18)19)7(3-6)9(17)14-4-10(12,13)5-16/h1-3,16H,4-5H2,(H,14,17). The number of halogens is 3. The molecule has 1 rings (SSSR count). The van der Waals surface area contributed by atoms with Crippen molar-refractivity contribution in [2.24, 2.45) is 0 Å². The van der Waals surface area contributed by atoms with Crippen LogP contribution in [0.4, 0.5) is 14.5 Å². The number of benzene rings is 1. The average Bonchev–Trinajstić information content (AvgIpc) is 2.35. The van der Waals surface area contributed by atoms with Gasteiger partial charge in [-0.2, -0.15) is 0 Å². The molecule has 104 valence electrons. The first-order valence-electron chi connectivity index (χ1n) is 4.97. The number of carbonyl (C=O) groups is 1. The molecule has 2 N–H and O–H groups in total. The number of alkyl halides is 2. The van der Waals surface area contributed by atoms with Crippen molar-refractivity contribution in [1.29, 1.82) is 0 Å². The van der Waals surface area contributed by atoms with Crippen LogP contribution in [0.5, 0.6) is 0 Å². The van der Waals surface area contributed by atoms with Crippen LogP contribution >= 0.6 is 11.6 Å². The lowest BCUT2D eigenvalue weighted by Crippen LogP contribution is -2.39. The van der Waals surface area contributed by atoms with E-state index in [0.29, 0.717) is 0 Å². The van der Waals surface area contributed by atoms with Crippen LogP contribution in [0.3, 0.4) is 0 Å². The molecule has 0 saturated heterocycles. The summed E-state index contributed by atoms with van der Waals surface area (Å²) < 4.78 is 25.5. The maximum Gasteiger partial charge on any atom is 0.287 e. The molecule has 9 heteroatoms. The van der Waals surface area contributed by atoms with Gasteiger partial charge in [-0.05, 0) is 12.1 Å². The molecule has 0 unspecified atom stereocenters. The first-order chi connectivity index (χ1) is 8.76. The van der Waals surface area contributed by atoms with Crippen molar-refractivity contribution in [1.82, 2.24) is 5.32 Å². The molecule has 0 aliphatic carbocycles. The summed E-state index contributed by atoms with van der Waals surface area (Å²) in [7, 11) is 0. The first-order valence-corrected chi connectivity index (χ1v) is 5.35. The second kappa shape index (κ2) is 5.89. The Kier molecular flexibility index (Phi) is 4.73. The molecule has 0 saturated carbocycles. The van der Waals surface area contributed by atoms with Gasteiger partial charge in [0.15, 0.2) is 0 Å². The Morgan fingerprint density at radius 1 is 1.53 bits per heavy atom. The quantitative estimate of drug-likeness (QED) is 0.637. The van der Waals surface area contributed by atoms with Crippen LogP contribution in [0.2, 0.25) is 5.02 Å². The minimum absolute atomic E-state index is 0.0599. The summed E-state index contributed by atoms with van der Waals surface area (Å²) in [5.74, 6) is -4.56. The Morgan fingerprint density at radius 3 is 2.68 bits per heavy atom. The highest BCUT2D eigenvalue weighted by molar-refractivity contribution is 6.31. The van der Waals surface area contributed by atoms with Gasteiger partial charge in [-0.15, -0.1) is 0 Å². The van der Waals surface area contributed by atoms with Gasteiger partial charge in [0.2, 0.25) is 0 Å². The maximum atomic E-state index is 12.7. The maximum absolute atomic E-state index is 12.7. The van der Waals surface area contributed by atoms with Crippen LogP contribution in [-0.4, -0.2) is 35.0 Å². The number of aliphatic hydroxyl groups excluding tert-OH is 1. The van der Waals surface area contributed by atoms with E-state index < -0.39 is 41.2 Å². The van der Waals surface area contributed by atoms with Gasteiger partial charge < -0.3 is 10.4 Å². The number of carbonyl (C=O) groups excluding carboxylic acids is 1. The molecule has 1 amide bonds. The largest absolute Gasteiger partial charge is 0.390 e. The number of rotatable bonds is 5. The van der Waals surface area contributed by atoms with Crippen LogP contribution in [0.15, 0.2) is 18.2 Å². The summed E-state index contributed by atoms with van der Waals surface area (Å²) in [6.45, 7) is -2.57. The topological polar surface area (TPSA) is 92.5 Å². The number of nitro benzene ring substituents is 1. The van der Waals surface area contributed by atoms with E-state index in [1.54, 1.807) is 5.32 Å². The molecular weight excluding hydrogens is 286 g/mol. The van der Waals surface area contributed by atoms with Gasteiger partial charge in [0.1, 0.15) is 12.2 Å². The lowest BCUT2D eigenvalue weighted by molar-refractivity contribution is -0.385. The molecule has 0 bridgehead atoms. The van der Waals surface area contributed by atoms with Crippen LogP contribution < -0.4 is 5.32 Å². The Balaban J connectivity index is 2.93. The summed E-state index contributed by atoms with van der Waals surface area (Å²) in [5.41, 5.74) is -0.972. The van der Waals surface area contributed by atoms with E-state index in [1.165, 1.54) is 6.07 Å². The van der Waals surface area contributed by atoms with Crippen molar-refractivity contribution in [3.05, 3.63) is 38.9 Å². The highest BCUT2D eigenvalue weighted by Gasteiger charge is 2.29. The molecular formula is C10H9ClF2N2O4. The van der Waals surface area contributed by atoms with Gasteiger partial charge in [0.05, 0.1) is 11.5 Å². The summed E-state index contributed by atoms with van der Waals surface area (Å²) in [4.78, 5) is 21.5. The number of hydrogen-bond donors (Lipinski definition) is 2. The molecule has 0 aliphatic rings. The Hall–Kier alpha value is -1.80. The van der Waals surface area contributed by atoms with E-state index >= 15 is 0 Å². The van der Waals surface area contributed by atoms with E-state index in [4.69, 9.17) is 16.7 Å². The molecule has 0 aliphatic heterocycles. The van der Waals surface area contributed by atoms with Crippen molar-refractivity contribution in [3.63, 3.8) is 0 Å². The van der Waals surface area contributed by atoms with Crippen molar-refractivity contribution in [2.75, 3.05) is 13.2 Å². The number of nitrogens with one attached hydrogen (secondary N) is 1. The van der Waals surface area contributed by atoms with Gasteiger partial charge in [0, 0.05) is 11.1 Å². The summed E-state index contributed by atoms with van der Waals surface area (Å²) in [6, 6.07) is 3.21. The fraction of sp³-hybridized carbons (Fsp3) is 0.300. The number of nitro groups is 1. The molecule has 0 radical (unpaired) electrons. The minimum atomic E-state index is -3.50. The van der Waals surface area contributed by atoms with E-state index in [-0.39, 0.29) is 5.02 Å². The lowest BCUT2D eigenvalue weighted by Gasteiger charge is -2.13. The monoisotopic (exact) mass is 294 g/mol. The third kappa shape index (κ3) is 4.11. The number of nitrogens with zero attached hydrogens (tertiary/aromatic N) is 1. The predicted octanol–water partition coefficient (Wildman–Crippen LogP) is 1.61. The SMILES string of the molecule is O=C(NCC(F)(F)CO)c1cc(Cl)ccc1[N+](=O)[O-]. The minimum Gasteiger partial charge on any atom is -0.390 e. The Morgan fingerprint density at radius 2 is 2.16 bits per heavy atom. The highest BCUT2D eigenvalue weighted by Crippen LogP contribution is 2.22. The predicted molar refractivity (Wildman–Crippen MR) is 62.5 cm³/mol. The van der Waals surface area contributed by atoms with Crippen molar-refractivity contribution >= 4 is 23.2 Å². The summed E-state index contributed by atoms with van der Waals surface area (Å²) >= 11 is 5.59. The number of hydrogen-bond acceptors (Lipinski definition) is 4. The second-order valence-corrected chi connectivity index (χ2v) is 4.05. The van der Waals surface area contributed by atoms with Gasteiger partial charge >= 0.3 is 0 Å². The van der Waals surface area contributed by atoms with Crippen molar-refractivity contribution in [3.8, 4) is 0 Å². The van der Waals surface area contributed by atoms with Gasteiger partial charge in [-0.3, -0.25) is 14.9 Å². The zero-order valence-corrected chi connectivity index (χ0v) is 10.2. The van der Waals surface area contributed by atoms with Gasteiger partial charge in [0.25, 0.3) is 17.5 Å². The Labute approximate surface area is 111 Å². The van der Waals surface area contributed by atoms with Crippen LogP contribution in [0, 0.1) is 10.1 Å². The van der Waals surface area contributed by atoms with E-state index in [2.05, 4.69) is 0 Å². The third-order valence-electron chi connectivity index (χ3n) is 2.14. The van der Waals surface area contributed by atoms with Crippen molar-refractivity contribution < 1.29 is 23.6 Å². The van der Waals surface area contributed by atoms with Crippen LogP contribution in [0.25, 0.3) is 0 Å². The Bertz CT molecular complexity index is 510. The van der Waals surface area contributed by atoms with Crippen molar-refractivity contribution in [2.45, 2.75) is 5.92 Å². The first kappa shape index (κ1) is 15.3. The van der Waals surface area contributed by atoms with E-state index in [0.717, 1.165) is 12.1 Å². The van der Waals surface area contributed by atoms with Gasteiger partial charge in [-0.25, -0.2) is 8.78 Å². The zero-order chi connectivity index (χ0) is 14.6. The van der Waals surface area contributed by atoms with Gasteiger partial charge in [-0.1, -0.05) is 11.6 Å². The lowest BCUT2D eigenvalue weighted by atomic mass is 10.1. The van der Waals surface area contributed by atoms with Crippen LogP contribution in [0.1, 0.15) is 10.4 Å². The molecule has 0 aromatic heterocycles. The average molecular weight is 295 g/mol. The smallest absolute Gasteiger partial charge is 0.287 e. The molecule has 6 nitrogen and oxygen atoms in total. The fourth-order valence-corrected chi connectivity index (χ4v) is 1.38. The molecule has 1 aromatic rings. The van der Waals surface area contributed by atoms with E-state index in [1.807, 2.05) is 0 Å². The second-order valence-electron chi connectivity index (χ2n) is 3.62. The molecule has 19 heavy (non-hydrogen) atoms. The molecule has 0 atom stereocenters. The summed E-state index contributed by atoms with van der Waals surface area (Å²) in [6.07, 6.45) is 0. The molecule has 0 heterocycles. The fourth-order valence-electron chi connectivity index (χ4n) is 1.21. The zero-order valence-electron chi connectivity index (χ0n) is 9.40. The van der Waals surface area contributed by atoms with Crippen LogP contribution in [-0.2, 0) is 0 Å². The molecule has 0 spiro atoms. The number of amides is 1. The normalized spacial score (nSPS) is 11.2. The summed E-state index contributed by atoms with van der Waals surface area (Å²) in [5, 5.41) is 20.9.